The molecular formula is C18H19NO4. The Morgan fingerprint density at radius 2 is 1.61 bits per heavy atom. The molecule has 0 radical (unpaired) electrons. The van der Waals surface area contributed by atoms with E-state index in [9.17, 15) is 4.79 Å². The van der Waals surface area contributed by atoms with Crippen LogP contribution < -0.4 is 19.5 Å². The third-order valence-corrected chi connectivity index (χ3v) is 3.19. The monoisotopic (exact) mass is 313 g/mol. The molecule has 5 heteroatoms. The first-order valence-corrected chi connectivity index (χ1v) is 7.01. The summed E-state index contributed by atoms with van der Waals surface area (Å²) in [5.41, 5.74) is 1.54. The third-order valence-electron chi connectivity index (χ3n) is 3.19. The highest BCUT2D eigenvalue weighted by Crippen LogP contribution is 2.29. The van der Waals surface area contributed by atoms with Crippen LogP contribution in [0.3, 0.4) is 0 Å². The van der Waals surface area contributed by atoms with Crippen molar-refractivity contribution in [1.29, 1.82) is 0 Å². The van der Waals surface area contributed by atoms with Crippen molar-refractivity contribution in [1.82, 2.24) is 0 Å². The Bertz CT molecular complexity index is 693. The van der Waals surface area contributed by atoms with Crippen molar-refractivity contribution in [3.63, 3.8) is 0 Å². The highest BCUT2D eigenvalue weighted by molar-refractivity contribution is 6.02. The molecule has 0 fully saturated rings. The SMILES string of the molecule is COc1ccc(C=CC(=O)Nc2ccc(OC)c(OC)c2)cc1. The van der Waals surface area contributed by atoms with E-state index in [0.29, 0.717) is 17.2 Å². The maximum absolute atomic E-state index is 12.0. The van der Waals surface area contributed by atoms with Crippen LogP contribution in [0.2, 0.25) is 0 Å². The normalized spacial score (nSPS) is 10.4. The van der Waals surface area contributed by atoms with Crippen LogP contribution in [0.15, 0.2) is 48.5 Å². The fourth-order valence-corrected chi connectivity index (χ4v) is 1.98. The molecule has 0 aliphatic carbocycles. The van der Waals surface area contributed by atoms with E-state index in [0.717, 1.165) is 11.3 Å². The lowest BCUT2D eigenvalue weighted by atomic mass is 10.2. The first-order chi connectivity index (χ1) is 11.2. The number of amides is 1. The minimum atomic E-state index is -0.229. The molecule has 0 atom stereocenters. The summed E-state index contributed by atoms with van der Waals surface area (Å²) in [6.45, 7) is 0. The molecule has 2 aromatic rings. The van der Waals surface area contributed by atoms with Gasteiger partial charge in [0.1, 0.15) is 5.75 Å². The zero-order valence-electron chi connectivity index (χ0n) is 13.3. The molecule has 23 heavy (non-hydrogen) atoms. The number of rotatable bonds is 6. The molecule has 0 spiro atoms. The summed E-state index contributed by atoms with van der Waals surface area (Å²) in [4.78, 5) is 12.0. The molecule has 0 heterocycles. The van der Waals surface area contributed by atoms with Crippen molar-refractivity contribution in [2.75, 3.05) is 26.6 Å². The summed E-state index contributed by atoms with van der Waals surface area (Å²) in [7, 11) is 4.72. The number of hydrogen-bond donors (Lipinski definition) is 1. The van der Waals surface area contributed by atoms with E-state index in [4.69, 9.17) is 14.2 Å². The van der Waals surface area contributed by atoms with Gasteiger partial charge in [-0.1, -0.05) is 12.1 Å². The largest absolute Gasteiger partial charge is 0.497 e. The number of hydrogen-bond acceptors (Lipinski definition) is 4. The lowest BCUT2D eigenvalue weighted by Gasteiger charge is -2.09. The van der Waals surface area contributed by atoms with E-state index >= 15 is 0 Å². The Hall–Kier alpha value is -2.95. The molecule has 120 valence electrons. The summed E-state index contributed by atoms with van der Waals surface area (Å²) in [6, 6.07) is 12.6. The molecule has 0 bridgehead atoms. The number of ether oxygens (including phenoxy) is 3. The lowest BCUT2D eigenvalue weighted by molar-refractivity contribution is -0.111. The average Bonchev–Trinajstić information content (AvgIpc) is 2.60. The van der Waals surface area contributed by atoms with Crippen molar-refractivity contribution in [3.8, 4) is 17.2 Å². The van der Waals surface area contributed by atoms with Gasteiger partial charge in [-0.3, -0.25) is 4.79 Å². The second kappa shape index (κ2) is 7.89. The second-order valence-electron chi connectivity index (χ2n) is 4.67. The van der Waals surface area contributed by atoms with Gasteiger partial charge in [0.05, 0.1) is 21.3 Å². The third kappa shape index (κ3) is 4.51. The number of benzene rings is 2. The van der Waals surface area contributed by atoms with E-state index in [1.54, 1.807) is 45.6 Å². The molecule has 1 N–H and O–H groups in total. The fourth-order valence-electron chi connectivity index (χ4n) is 1.98. The average molecular weight is 313 g/mol. The molecule has 0 saturated carbocycles. The topological polar surface area (TPSA) is 56.8 Å². The van der Waals surface area contributed by atoms with E-state index in [2.05, 4.69) is 5.32 Å². The summed E-state index contributed by atoms with van der Waals surface area (Å²) in [6.07, 6.45) is 3.20. The second-order valence-corrected chi connectivity index (χ2v) is 4.67. The number of carbonyl (C=O) groups excluding carboxylic acids is 1. The number of carbonyl (C=O) groups is 1. The van der Waals surface area contributed by atoms with Gasteiger partial charge in [0.25, 0.3) is 0 Å². The van der Waals surface area contributed by atoms with Crippen LogP contribution in [0.5, 0.6) is 17.2 Å². The van der Waals surface area contributed by atoms with E-state index in [-0.39, 0.29) is 5.91 Å². The lowest BCUT2D eigenvalue weighted by Crippen LogP contribution is -2.07. The number of anilines is 1. The fraction of sp³-hybridized carbons (Fsp3) is 0.167. The maximum atomic E-state index is 12.0. The molecular weight excluding hydrogens is 294 g/mol. The molecule has 2 rings (SSSR count). The van der Waals surface area contributed by atoms with Crippen molar-refractivity contribution in [3.05, 3.63) is 54.1 Å². The zero-order chi connectivity index (χ0) is 16.7. The van der Waals surface area contributed by atoms with Crippen LogP contribution >= 0.6 is 0 Å². The van der Waals surface area contributed by atoms with Gasteiger partial charge in [0, 0.05) is 17.8 Å². The van der Waals surface area contributed by atoms with E-state index in [1.165, 1.54) is 6.08 Å². The van der Waals surface area contributed by atoms with Gasteiger partial charge in [0.15, 0.2) is 11.5 Å². The highest BCUT2D eigenvalue weighted by Gasteiger charge is 2.05. The molecule has 5 nitrogen and oxygen atoms in total. The van der Waals surface area contributed by atoms with Crippen molar-refractivity contribution < 1.29 is 19.0 Å². The molecule has 2 aromatic carbocycles. The Labute approximate surface area is 135 Å². The number of methoxy groups -OCH3 is 3. The van der Waals surface area contributed by atoms with Crippen molar-refractivity contribution in [2.45, 2.75) is 0 Å². The predicted octanol–water partition coefficient (Wildman–Crippen LogP) is 3.36. The van der Waals surface area contributed by atoms with Crippen LogP contribution in [-0.2, 0) is 4.79 Å². The Morgan fingerprint density at radius 1 is 0.913 bits per heavy atom. The minimum absolute atomic E-state index is 0.229. The maximum Gasteiger partial charge on any atom is 0.248 e. The quantitative estimate of drug-likeness (QED) is 0.831. The molecule has 0 saturated heterocycles. The summed E-state index contributed by atoms with van der Waals surface area (Å²) in [5, 5.41) is 2.77. The Kier molecular flexibility index (Phi) is 5.63. The number of nitrogens with one attached hydrogen (secondary N) is 1. The highest BCUT2D eigenvalue weighted by atomic mass is 16.5. The van der Waals surface area contributed by atoms with Crippen LogP contribution in [0.25, 0.3) is 6.08 Å². The standard InChI is InChI=1S/C18H19NO4/c1-21-15-8-4-13(5-9-15)6-11-18(20)19-14-7-10-16(22-2)17(12-14)23-3/h4-12H,1-3H3,(H,19,20). The van der Waals surface area contributed by atoms with Gasteiger partial charge in [0.2, 0.25) is 5.91 Å². The predicted molar refractivity (Wildman–Crippen MR) is 90.2 cm³/mol. The molecule has 0 aliphatic heterocycles. The summed E-state index contributed by atoms with van der Waals surface area (Å²) < 4.78 is 15.5. The van der Waals surface area contributed by atoms with Crippen LogP contribution in [-0.4, -0.2) is 27.2 Å². The molecule has 0 unspecified atom stereocenters. The smallest absolute Gasteiger partial charge is 0.248 e. The van der Waals surface area contributed by atoms with Crippen LogP contribution in [0.4, 0.5) is 5.69 Å². The van der Waals surface area contributed by atoms with Gasteiger partial charge in [-0.05, 0) is 35.9 Å². The Balaban J connectivity index is 2.02. The van der Waals surface area contributed by atoms with Crippen LogP contribution in [0.1, 0.15) is 5.56 Å². The molecule has 0 aliphatic rings. The van der Waals surface area contributed by atoms with E-state index in [1.807, 2.05) is 24.3 Å². The van der Waals surface area contributed by atoms with E-state index < -0.39 is 0 Å². The van der Waals surface area contributed by atoms with Crippen LogP contribution in [0, 0.1) is 0 Å². The first kappa shape index (κ1) is 16.4. The summed E-state index contributed by atoms with van der Waals surface area (Å²) in [5.74, 6) is 1.72. The van der Waals surface area contributed by atoms with Gasteiger partial charge in [-0.15, -0.1) is 0 Å². The van der Waals surface area contributed by atoms with Crippen molar-refractivity contribution >= 4 is 17.7 Å². The minimum Gasteiger partial charge on any atom is -0.497 e. The zero-order valence-corrected chi connectivity index (χ0v) is 13.3. The van der Waals surface area contributed by atoms with Gasteiger partial charge in [-0.25, -0.2) is 0 Å². The van der Waals surface area contributed by atoms with Gasteiger partial charge < -0.3 is 19.5 Å². The van der Waals surface area contributed by atoms with Crippen molar-refractivity contribution in [2.24, 2.45) is 0 Å². The summed E-state index contributed by atoms with van der Waals surface area (Å²) >= 11 is 0. The van der Waals surface area contributed by atoms with Gasteiger partial charge >= 0.3 is 0 Å². The van der Waals surface area contributed by atoms with Gasteiger partial charge in [-0.2, -0.15) is 0 Å². The molecule has 0 aromatic heterocycles. The first-order valence-electron chi connectivity index (χ1n) is 7.01. The Morgan fingerprint density at radius 3 is 2.22 bits per heavy atom. The molecule has 1 amide bonds.